The molecule has 0 spiro atoms. The Labute approximate surface area is 100 Å². The maximum Gasteiger partial charge on any atom is 0.151 e. The lowest BCUT2D eigenvalue weighted by atomic mass is 10.1. The highest BCUT2D eigenvalue weighted by molar-refractivity contribution is 5.47. The molecule has 0 amide bonds. The van der Waals surface area contributed by atoms with Gasteiger partial charge in [-0.1, -0.05) is 25.1 Å². The van der Waals surface area contributed by atoms with Crippen molar-refractivity contribution in [3.8, 4) is 11.4 Å². The van der Waals surface area contributed by atoms with Gasteiger partial charge in [0.2, 0.25) is 0 Å². The molecule has 1 aromatic heterocycles. The van der Waals surface area contributed by atoms with Crippen molar-refractivity contribution < 1.29 is 4.74 Å². The van der Waals surface area contributed by atoms with E-state index >= 15 is 0 Å². The lowest BCUT2D eigenvalue weighted by Gasteiger charge is -2.06. The van der Waals surface area contributed by atoms with Gasteiger partial charge in [0.25, 0.3) is 0 Å². The molecule has 0 aliphatic heterocycles. The first kappa shape index (κ1) is 11.4. The molecule has 0 fully saturated rings. The normalized spacial score (nSPS) is 10.8. The number of nitrogen functional groups attached to an aromatic ring is 1. The van der Waals surface area contributed by atoms with Gasteiger partial charge >= 0.3 is 0 Å². The van der Waals surface area contributed by atoms with Crippen LogP contribution in [0.25, 0.3) is 5.69 Å². The second kappa shape index (κ2) is 4.45. The Morgan fingerprint density at radius 1 is 1.35 bits per heavy atom. The maximum atomic E-state index is 6.02. The molecule has 0 saturated heterocycles. The van der Waals surface area contributed by atoms with E-state index in [1.165, 1.54) is 0 Å². The molecule has 0 bridgehead atoms. The summed E-state index contributed by atoms with van der Waals surface area (Å²) in [6.07, 6.45) is 0. The van der Waals surface area contributed by atoms with Gasteiger partial charge in [0.05, 0.1) is 12.8 Å². The number of nitrogens with zero attached hydrogens (tertiary/aromatic N) is 3. The van der Waals surface area contributed by atoms with E-state index in [4.69, 9.17) is 10.5 Å². The van der Waals surface area contributed by atoms with Gasteiger partial charge in [-0.2, -0.15) is 4.68 Å². The minimum atomic E-state index is 0.259. The molecule has 0 saturated carbocycles. The molecule has 1 aromatic carbocycles. The molecular weight excluding hydrogens is 216 g/mol. The fourth-order valence-corrected chi connectivity index (χ4v) is 1.65. The summed E-state index contributed by atoms with van der Waals surface area (Å²) >= 11 is 0. The second-order valence-corrected chi connectivity index (χ2v) is 4.13. The van der Waals surface area contributed by atoms with E-state index in [0.717, 1.165) is 17.1 Å². The summed E-state index contributed by atoms with van der Waals surface area (Å²) in [5.74, 6) is 1.60. The highest BCUT2D eigenvalue weighted by Crippen LogP contribution is 2.23. The third kappa shape index (κ3) is 2.08. The zero-order valence-corrected chi connectivity index (χ0v) is 10.2. The summed E-state index contributed by atoms with van der Waals surface area (Å²) in [6.45, 7) is 4.08. The van der Waals surface area contributed by atoms with Crippen LogP contribution in [0.3, 0.4) is 0 Å². The Hall–Kier alpha value is -2.04. The van der Waals surface area contributed by atoms with E-state index in [-0.39, 0.29) is 5.92 Å². The molecule has 0 aliphatic rings. The van der Waals surface area contributed by atoms with Crippen LogP contribution < -0.4 is 10.5 Å². The largest absolute Gasteiger partial charge is 0.497 e. The maximum absolute atomic E-state index is 6.02. The monoisotopic (exact) mass is 232 g/mol. The molecule has 2 rings (SSSR count). The average molecular weight is 232 g/mol. The fourth-order valence-electron chi connectivity index (χ4n) is 1.65. The van der Waals surface area contributed by atoms with E-state index in [0.29, 0.717) is 5.82 Å². The summed E-state index contributed by atoms with van der Waals surface area (Å²) in [5, 5.41) is 8.16. The van der Waals surface area contributed by atoms with Gasteiger partial charge in [0.15, 0.2) is 5.82 Å². The Morgan fingerprint density at radius 2 is 2.12 bits per heavy atom. The molecule has 90 valence electrons. The molecule has 17 heavy (non-hydrogen) atoms. The Bertz CT molecular complexity index is 519. The van der Waals surface area contributed by atoms with Gasteiger partial charge in [-0.05, 0) is 12.1 Å². The van der Waals surface area contributed by atoms with Crippen molar-refractivity contribution in [1.82, 2.24) is 15.0 Å². The Balaban J connectivity index is 2.46. The average Bonchev–Trinajstić information content (AvgIpc) is 2.71. The van der Waals surface area contributed by atoms with Gasteiger partial charge in [-0.25, -0.2) is 0 Å². The Morgan fingerprint density at radius 3 is 2.71 bits per heavy atom. The standard InChI is InChI=1S/C12H16N4O/c1-8(2)11-12(13)16(15-14-11)9-5-4-6-10(7-9)17-3/h4-8H,13H2,1-3H3. The third-order valence-electron chi connectivity index (χ3n) is 2.58. The number of nitrogens with two attached hydrogens (primary N) is 1. The van der Waals surface area contributed by atoms with Crippen LogP contribution in [0.2, 0.25) is 0 Å². The predicted molar refractivity (Wildman–Crippen MR) is 66.4 cm³/mol. The molecule has 0 unspecified atom stereocenters. The van der Waals surface area contributed by atoms with Crippen molar-refractivity contribution in [3.05, 3.63) is 30.0 Å². The van der Waals surface area contributed by atoms with Crippen LogP contribution in [0.5, 0.6) is 5.75 Å². The van der Waals surface area contributed by atoms with Crippen molar-refractivity contribution in [2.45, 2.75) is 19.8 Å². The highest BCUT2D eigenvalue weighted by Gasteiger charge is 2.13. The highest BCUT2D eigenvalue weighted by atomic mass is 16.5. The summed E-state index contributed by atoms with van der Waals surface area (Å²) in [4.78, 5) is 0. The number of ether oxygens (including phenoxy) is 1. The van der Waals surface area contributed by atoms with Crippen LogP contribution in [0.4, 0.5) is 5.82 Å². The number of methoxy groups -OCH3 is 1. The van der Waals surface area contributed by atoms with Crippen LogP contribution >= 0.6 is 0 Å². The van der Waals surface area contributed by atoms with Crippen LogP contribution in [0.15, 0.2) is 24.3 Å². The molecule has 1 heterocycles. The van der Waals surface area contributed by atoms with E-state index in [9.17, 15) is 0 Å². The lowest BCUT2D eigenvalue weighted by molar-refractivity contribution is 0.414. The van der Waals surface area contributed by atoms with Crippen LogP contribution in [0.1, 0.15) is 25.5 Å². The molecule has 5 nitrogen and oxygen atoms in total. The molecule has 0 aliphatic carbocycles. The van der Waals surface area contributed by atoms with Crippen molar-refractivity contribution >= 4 is 5.82 Å². The third-order valence-corrected chi connectivity index (χ3v) is 2.58. The van der Waals surface area contributed by atoms with Crippen LogP contribution in [-0.2, 0) is 0 Å². The van der Waals surface area contributed by atoms with Crippen molar-refractivity contribution in [1.29, 1.82) is 0 Å². The number of aromatic nitrogens is 3. The minimum absolute atomic E-state index is 0.259. The SMILES string of the molecule is COc1cccc(-n2nnc(C(C)C)c2N)c1. The lowest BCUT2D eigenvalue weighted by Crippen LogP contribution is -2.03. The van der Waals surface area contributed by atoms with Gasteiger partial charge in [0, 0.05) is 12.0 Å². The van der Waals surface area contributed by atoms with Gasteiger partial charge in [-0.3, -0.25) is 0 Å². The predicted octanol–water partition coefficient (Wildman–Crippen LogP) is 1.98. The quantitative estimate of drug-likeness (QED) is 0.878. The number of anilines is 1. The second-order valence-electron chi connectivity index (χ2n) is 4.13. The van der Waals surface area contributed by atoms with Gasteiger partial charge < -0.3 is 10.5 Å². The van der Waals surface area contributed by atoms with E-state index in [1.54, 1.807) is 11.8 Å². The number of hydrogen-bond acceptors (Lipinski definition) is 4. The zero-order chi connectivity index (χ0) is 12.4. The van der Waals surface area contributed by atoms with E-state index in [2.05, 4.69) is 10.3 Å². The summed E-state index contributed by atoms with van der Waals surface area (Å²) in [7, 11) is 1.63. The molecule has 0 radical (unpaired) electrons. The minimum Gasteiger partial charge on any atom is -0.497 e. The smallest absolute Gasteiger partial charge is 0.151 e. The van der Waals surface area contributed by atoms with Crippen molar-refractivity contribution in [2.75, 3.05) is 12.8 Å². The molecule has 2 aromatic rings. The van der Waals surface area contributed by atoms with E-state index < -0.39 is 0 Å². The van der Waals surface area contributed by atoms with E-state index in [1.807, 2.05) is 38.1 Å². The topological polar surface area (TPSA) is 66.0 Å². The van der Waals surface area contributed by atoms with Crippen LogP contribution in [0, 0.1) is 0 Å². The number of hydrogen-bond donors (Lipinski definition) is 1. The molecule has 0 atom stereocenters. The first-order valence-electron chi connectivity index (χ1n) is 5.49. The van der Waals surface area contributed by atoms with Crippen molar-refractivity contribution in [2.24, 2.45) is 0 Å². The fraction of sp³-hybridized carbons (Fsp3) is 0.333. The zero-order valence-electron chi connectivity index (χ0n) is 10.2. The first-order valence-corrected chi connectivity index (χ1v) is 5.49. The molecule has 2 N–H and O–H groups in total. The van der Waals surface area contributed by atoms with Gasteiger partial charge in [-0.15, -0.1) is 5.10 Å². The molecule has 5 heteroatoms. The Kier molecular flexibility index (Phi) is 2.99. The van der Waals surface area contributed by atoms with Crippen molar-refractivity contribution in [3.63, 3.8) is 0 Å². The summed E-state index contributed by atoms with van der Waals surface area (Å²) in [5.41, 5.74) is 7.69. The number of benzene rings is 1. The van der Waals surface area contributed by atoms with Crippen LogP contribution in [-0.4, -0.2) is 22.1 Å². The molecular formula is C12H16N4O. The number of rotatable bonds is 3. The first-order chi connectivity index (χ1) is 8.13. The van der Waals surface area contributed by atoms with Gasteiger partial charge in [0.1, 0.15) is 11.4 Å². The summed E-state index contributed by atoms with van der Waals surface area (Å²) < 4.78 is 6.79. The summed E-state index contributed by atoms with van der Waals surface area (Å²) in [6, 6.07) is 7.55.